The number of rotatable bonds is 6. The summed E-state index contributed by atoms with van der Waals surface area (Å²) < 4.78 is 12.4. The number of nitrogens with one attached hydrogen (secondary N) is 2. The second-order valence-corrected chi connectivity index (χ2v) is 8.06. The van der Waals surface area contributed by atoms with Gasteiger partial charge in [0, 0.05) is 16.6 Å². The number of carbonyl (C=O) groups is 2. The van der Waals surface area contributed by atoms with Crippen molar-refractivity contribution in [3.8, 4) is 6.07 Å². The molecule has 0 radical (unpaired) electrons. The van der Waals surface area contributed by atoms with Crippen LogP contribution in [0.5, 0.6) is 0 Å². The number of esters is 1. The number of nitriles is 1. The molecular weight excluding hydrogens is 420 g/mol. The fourth-order valence-electron chi connectivity index (χ4n) is 3.97. The molecule has 1 amide bonds. The first-order valence-corrected chi connectivity index (χ1v) is 10.5. The van der Waals surface area contributed by atoms with Gasteiger partial charge in [-0.2, -0.15) is 5.26 Å². The Labute approximate surface area is 190 Å². The number of aryl methyl sites for hydroxylation is 2. The van der Waals surface area contributed by atoms with Crippen LogP contribution in [0.15, 0.2) is 41.0 Å². The zero-order valence-electron chi connectivity index (χ0n) is 18.9. The van der Waals surface area contributed by atoms with E-state index in [4.69, 9.17) is 9.15 Å². The lowest BCUT2D eigenvalue weighted by Crippen LogP contribution is -2.23. The summed E-state index contributed by atoms with van der Waals surface area (Å²) in [5.74, 6) is -0.135. The number of hydrogen-bond donors (Lipinski definition) is 2. The van der Waals surface area contributed by atoms with Crippen molar-refractivity contribution < 1.29 is 18.7 Å². The summed E-state index contributed by atoms with van der Waals surface area (Å²) in [6.45, 7) is 7.51. The van der Waals surface area contributed by atoms with E-state index in [-0.39, 0.29) is 5.69 Å². The lowest BCUT2D eigenvalue weighted by Gasteiger charge is -2.12. The average molecular weight is 444 g/mol. The number of fused-ring (bicyclic) bond motifs is 1. The molecule has 33 heavy (non-hydrogen) atoms. The summed E-state index contributed by atoms with van der Waals surface area (Å²) in [6, 6.07) is 11.4. The summed E-state index contributed by atoms with van der Waals surface area (Å²) in [4.78, 5) is 28.2. The second kappa shape index (κ2) is 8.71. The molecule has 0 unspecified atom stereocenters. The molecular formula is C25H24N4O4. The number of benzene rings is 1. The summed E-state index contributed by atoms with van der Waals surface area (Å²) in [5.41, 5.74) is 5.20. The number of hydrogen-bond acceptors (Lipinski definition) is 5. The monoisotopic (exact) mass is 444 g/mol. The number of aromatic amines is 1. The molecule has 0 fully saturated rings. The van der Waals surface area contributed by atoms with Crippen molar-refractivity contribution in [2.45, 2.75) is 34.2 Å². The minimum Gasteiger partial charge on any atom is -0.467 e. The number of nitrogens with zero attached hydrogens (tertiary/aromatic N) is 2. The van der Waals surface area contributed by atoms with Crippen LogP contribution in [0.3, 0.4) is 0 Å². The van der Waals surface area contributed by atoms with Crippen LogP contribution >= 0.6 is 0 Å². The molecule has 8 nitrogen and oxygen atoms in total. The van der Waals surface area contributed by atoms with E-state index < -0.39 is 18.5 Å². The van der Waals surface area contributed by atoms with Crippen molar-refractivity contribution in [2.75, 3.05) is 11.9 Å². The molecule has 0 spiro atoms. The molecule has 1 aromatic carbocycles. The van der Waals surface area contributed by atoms with Crippen LogP contribution in [-0.4, -0.2) is 28.0 Å². The third-order valence-electron chi connectivity index (χ3n) is 5.74. The predicted molar refractivity (Wildman–Crippen MR) is 123 cm³/mol. The Morgan fingerprint density at radius 1 is 1.21 bits per heavy atom. The minimum atomic E-state index is -0.628. The van der Waals surface area contributed by atoms with E-state index in [0.29, 0.717) is 23.7 Å². The second-order valence-electron chi connectivity index (χ2n) is 8.06. The molecule has 0 aliphatic heterocycles. The van der Waals surface area contributed by atoms with Gasteiger partial charge in [-0.05, 0) is 68.7 Å². The highest BCUT2D eigenvalue weighted by atomic mass is 16.5. The van der Waals surface area contributed by atoms with E-state index in [1.54, 1.807) is 23.0 Å². The maximum absolute atomic E-state index is 12.6. The van der Waals surface area contributed by atoms with Crippen LogP contribution in [0.25, 0.3) is 10.9 Å². The number of aromatic nitrogens is 2. The number of carbonyl (C=O) groups excluding carboxylic acids is 2. The highest BCUT2D eigenvalue weighted by Gasteiger charge is 2.21. The third kappa shape index (κ3) is 4.26. The number of anilines is 1. The van der Waals surface area contributed by atoms with Gasteiger partial charge in [-0.3, -0.25) is 4.79 Å². The molecule has 2 N–H and O–H groups in total. The van der Waals surface area contributed by atoms with Gasteiger partial charge in [0.2, 0.25) is 0 Å². The van der Waals surface area contributed by atoms with Gasteiger partial charge in [-0.15, -0.1) is 0 Å². The smallest absolute Gasteiger partial charge is 0.355 e. The molecule has 0 aliphatic rings. The Morgan fingerprint density at radius 3 is 2.70 bits per heavy atom. The van der Waals surface area contributed by atoms with Crippen LogP contribution in [0.1, 0.15) is 44.2 Å². The van der Waals surface area contributed by atoms with E-state index in [2.05, 4.69) is 16.4 Å². The lowest BCUT2D eigenvalue weighted by molar-refractivity contribution is -0.119. The summed E-state index contributed by atoms with van der Waals surface area (Å²) in [6.07, 6.45) is 1.57. The molecule has 168 valence electrons. The Morgan fingerprint density at radius 2 is 2.00 bits per heavy atom. The van der Waals surface area contributed by atoms with Crippen molar-refractivity contribution in [3.05, 3.63) is 76.0 Å². The zero-order valence-corrected chi connectivity index (χ0v) is 18.9. The van der Waals surface area contributed by atoms with Gasteiger partial charge in [0.1, 0.15) is 23.3 Å². The molecule has 0 saturated heterocycles. The number of furan rings is 1. The van der Waals surface area contributed by atoms with Gasteiger partial charge in [-0.25, -0.2) is 4.79 Å². The van der Waals surface area contributed by atoms with Crippen molar-refractivity contribution in [3.63, 3.8) is 0 Å². The largest absolute Gasteiger partial charge is 0.467 e. The van der Waals surface area contributed by atoms with Crippen molar-refractivity contribution in [1.29, 1.82) is 5.26 Å². The molecule has 0 atom stereocenters. The fourth-order valence-corrected chi connectivity index (χ4v) is 3.97. The Hall–Kier alpha value is -4.25. The summed E-state index contributed by atoms with van der Waals surface area (Å²) in [7, 11) is 0. The van der Waals surface area contributed by atoms with Crippen LogP contribution in [0.4, 0.5) is 5.82 Å². The first-order chi connectivity index (χ1) is 15.8. The van der Waals surface area contributed by atoms with Gasteiger partial charge in [0.15, 0.2) is 6.61 Å². The molecule has 3 heterocycles. The average Bonchev–Trinajstić information content (AvgIpc) is 3.49. The molecule has 0 saturated carbocycles. The normalized spacial score (nSPS) is 10.9. The third-order valence-corrected chi connectivity index (χ3v) is 5.74. The SMILES string of the molecule is Cc1cc(C)c2cc(C(=O)OCC(=O)Nc3c(C#N)c(C)c(C)n3Cc3ccco3)[nH]c2c1. The van der Waals surface area contributed by atoms with Gasteiger partial charge in [0.05, 0.1) is 18.4 Å². The molecule has 0 bridgehead atoms. The van der Waals surface area contributed by atoms with E-state index in [1.165, 1.54) is 0 Å². The quantitative estimate of drug-likeness (QED) is 0.425. The molecule has 4 rings (SSSR count). The highest BCUT2D eigenvalue weighted by Crippen LogP contribution is 2.27. The summed E-state index contributed by atoms with van der Waals surface area (Å²) in [5, 5.41) is 13.3. The Bertz CT molecular complexity index is 1400. The summed E-state index contributed by atoms with van der Waals surface area (Å²) >= 11 is 0. The van der Waals surface area contributed by atoms with E-state index in [0.717, 1.165) is 33.3 Å². The van der Waals surface area contributed by atoms with Gasteiger partial charge >= 0.3 is 5.97 Å². The Kier molecular flexibility index (Phi) is 5.80. The molecule has 4 aromatic rings. The molecule has 0 aliphatic carbocycles. The lowest BCUT2D eigenvalue weighted by atomic mass is 10.1. The highest BCUT2D eigenvalue weighted by molar-refractivity contribution is 5.98. The van der Waals surface area contributed by atoms with E-state index in [9.17, 15) is 14.9 Å². The minimum absolute atomic E-state index is 0.275. The fraction of sp³-hybridized carbons (Fsp3) is 0.240. The number of amides is 1. The van der Waals surface area contributed by atoms with Crippen molar-refractivity contribution in [1.82, 2.24) is 9.55 Å². The van der Waals surface area contributed by atoms with Crippen molar-refractivity contribution >= 4 is 28.6 Å². The molecule has 8 heteroatoms. The van der Waals surface area contributed by atoms with Crippen LogP contribution in [0, 0.1) is 39.0 Å². The number of ether oxygens (including phenoxy) is 1. The van der Waals surface area contributed by atoms with Crippen molar-refractivity contribution in [2.24, 2.45) is 0 Å². The maximum Gasteiger partial charge on any atom is 0.355 e. The van der Waals surface area contributed by atoms with E-state index in [1.807, 2.05) is 45.9 Å². The topological polar surface area (TPSA) is 113 Å². The zero-order chi connectivity index (χ0) is 23.7. The first-order valence-electron chi connectivity index (χ1n) is 10.5. The molecule has 3 aromatic heterocycles. The van der Waals surface area contributed by atoms with Crippen LogP contribution in [-0.2, 0) is 16.1 Å². The predicted octanol–water partition coefficient (Wildman–Crippen LogP) is 4.51. The van der Waals surface area contributed by atoms with Crippen LogP contribution < -0.4 is 5.32 Å². The maximum atomic E-state index is 12.6. The first kappa shape index (κ1) is 22.0. The number of H-pyrrole nitrogens is 1. The standard InChI is InChI=1S/C25H24N4O4/c1-14-8-15(2)19-10-22(27-21(19)9-14)25(31)33-13-23(30)28-24-20(11-26)16(3)17(4)29(24)12-18-6-5-7-32-18/h5-10,27H,12-13H2,1-4H3,(H,28,30). The van der Waals surface area contributed by atoms with Gasteiger partial charge < -0.3 is 24.0 Å². The Balaban J connectivity index is 1.49. The van der Waals surface area contributed by atoms with Gasteiger partial charge in [-0.1, -0.05) is 6.07 Å². The van der Waals surface area contributed by atoms with Crippen LogP contribution in [0.2, 0.25) is 0 Å². The van der Waals surface area contributed by atoms with E-state index >= 15 is 0 Å². The van der Waals surface area contributed by atoms with Gasteiger partial charge in [0.25, 0.3) is 5.91 Å².